The van der Waals surface area contributed by atoms with Crippen molar-refractivity contribution in [3.63, 3.8) is 0 Å². The van der Waals surface area contributed by atoms with E-state index in [-0.39, 0.29) is 17.9 Å². The number of hydrogen-bond donors (Lipinski definition) is 1. The Morgan fingerprint density at radius 2 is 1.53 bits per heavy atom. The minimum atomic E-state index is -0.186. The minimum absolute atomic E-state index is 0.118. The number of hydrogen-bond acceptors (Lipinski definition) is 1. The quantitative estimate of drug-likeness (QED) is 0.847. The van der Waals surface area contributed by atoms with E-state index in [0.717, 1.165) is 5.56 Å². The second-order valence-electron chi connectivity index (χ2n) is 5.08. The lowest BCUT2D eigenvalue weighted by Crippen LogP contribution is -2.22. The number of nitrogens with one attached hydrogen (secondary N) is 1. The molecule has 0 fully saturated rings. The summed E-state index contributed by atoms with van der Waals surface area (Å²) < 4.78 is 13.2. The maximum Gasteiger partial charge on any atom is 0.123 e. The fourth-order valence-electron chi connectivity index (χ4n) is 2.20. The van der Waals surface area contributed by atoms with E-state index in [9.17, 15) is 4.39 Å². The lowest BCUT2D eigenvalue weighted by Gasteiger charge is -2.21. The molecule has 0 spiro atoms. The molecule has 19 heavy (non-hydrogen) atoms. The van der Waals surface area contributed by atoms with Crippen LogP contribution in [0.2, 0.25) is 0 Å². The Kier molecular flexibility index (Phi) is 4.33. The summed E-state index contributed by atoms with van der Waals surface area (Å²) in [6.07, 6.45) is 0. The van der Waals surface area contributed by atoms with Crippen molar-refractivity contribution >= 4 is 0 Å². The predicted molar refractivity (Wildman–Crippen MR) is 77.5 cm³/mol. The molecule has 2 rings (SSSR count). The zero-order chi connectivity index (χ0) is 13.8. The largest absolute Gasteiger partial charge is 0.304 e. The van der Waals surface area contributed by atoms with Crippen molar-refractivity contribution < 1.29 is 4.39 Å². The second kappa shape index (κ2) is 5.98. The van der Waals surface area contributed by atoms with E-state index in [2.05, 4.69) is 50.4 Å². The molecule has 0 saturated heterocycles. The number of rotatable bonds is 4. The second-order valence-corrected chi connectivity index (χ2v) is 5.08. The molecule has 100 valence electrons. The van der Waals surface area contributed by atoms with Crippen molar-refractivity contribution in [3.05, 3.63) is 71.0 Å². The molecule has 0 bridgehead atoms. The molecule has 2 aromatic rings. The first-order valence-electron chi connectivity index (χ1n) is 6.64. The summed E-state index contributed by atoms with van der Waals surface area (Å²) in [6.45, 7) is 6.26. The molecular formula is C17H20FN. The highest BCUT2D eigenvalue weighted by Crippen LogP contribution is 2.20. The van der Waals surface area contributed by atoms with Gasteiger partial charge in [-0.3, -0.25) is 0 Å². The van der Waals surface area contributed by atoms with E-state index in [0.29, 0.717) is 0 Å². The van der Waals surface area contributed by atoms with Crippen molar-refractivity contribution in [2.75, 3.05) is 0 Å². The van der Waals surface area contributed by atoms with Crippen LogP contribution >= 0.6 is 0 Å². The van der Waals surface area contributed by atoms with Crippen molar-refractivity contribution in [2.45, 2.75) is 32.9 Å². The monoisotopic (exact) mass is 257 g/mol. The highest BCUT2D eigenvalue weighted by atomic mass is 19.1. The molecule has 1 N–H and O–H groups in total. The molecule has 0 radical (unpaired) electrons. The average molecular weight is 257 g/mol. The lowest BCUT2D eigenvalue weighted by molar-refractivity contribution is 0.492. The molecule has 0 aliphatic carbocycles. The van der Waals surface area contributed by atoms with Crippen molar-refractivity contribution in [3.8, 4) is 0 Å². The lowest BCUT2D eigenvalue weighted by atomic mass is 10.0. The fourth-order valence-corrected chi connectivity index (χ4v) is 2.20. The van der Waals surface area contributed by atoms with Gasteiger partial charge >= 0.3 is 0 Å². The maximum atomic E-state index is 13.2. The van der Waals surface area contributed by atoms with Gasteiger partial charge in [-0.05, 0) is 44.0 Å². The van der Waals surface area contributed by atoms with Crippen molar-refractivity contribution in [2.24, 2.45) is 0 Å². The fraction of sp³-hybridized carbons (Fsp3) is 0.294. The normalized spacial score (nSPS) is 14.1. The third-order valence-corrected chi connectivity index (χ3v) is 3.43. The Hall–Kier alpha value is -1.67. The molecule has 0 amide bonds. The topological polar surface area (TPSA) is 12.0 Å². The van der Waals surface area contributed by atoms with Gasteiger partial charge in [0.25, 0.3) is 0 Å². The van der Waals surface area contributed by atoms with Crippen LogP contribution < -0.4 is 5.32 Å². The van der Waals surface area contributed by atoms with Crippen molar-refractivity contribution in [1.29, 1.82) is 0 Å². The zero-order valence-corrected chi connectivity index (χ0v) is 11.7. The van der Waals surface area contributed by atoms with Gasteiger partial charge in [-0.25, -0.2) is 4.39 Å². The molecule has 1 nitrogen and oxygen atoms in total. The highest BCUT2D eigenvalue weighted by Gasteiger charge is 2.11. The first-order chi connectivity index (χ1) is 9.06. The standard InChI is InChI=1S/C17H20FN/c1-12-7-9-15(10-8-12)13(2)19-14(3)16-5-4-6-17(18)11-16/h4-11,13-14,19H,1-3H3/t13?,14-/m0/s1. The molecule has 2 aromatic carbocycles. The first kappa shape index (κ1) is 13.8. The van der Waals surface area contributed by atoms with E-state index in [1.165, 1.54) is 17.2 Å². The van der Waals surface area contributed by atoms with Gasteiger partial charge in [0.05, 0.1) is 0 Å². The van der Waals surface area contributed by atoms with E-state index < -0.39 is 0 Å². The Balaban J connectivity index is 2.06. The van der Waals surface area contributed by atoms with Gasteiger partial charge in [0.2, 0.25) is 0 Å². The Labute approximate surface area is 114 Å². The molecular weight excluding hydrogens is 237 g/mol. The summed E-state index contributed by atoms with van der Waals surface area (Å²) in [4.78, 5) is 0. The van der Waals surface area contributed by atoms with Gasteiger partial charge < -0.3 is 5.32 Å². The van der Waals surface area contributed by atoms with Crippen LogP contribution in [0.5, 0.6) is 0 Å². The third-order valence-electron chi connectivity index (χ3n) is 3.43. The molecule has 0 aromatic heterocycles. The summed E-state index contributed by atoms with van der Waals surface area (Å²) in [5, 5.41) is 3.49. The summed E-state index contributed by atoms with van der Waals surface area (Å²) in [5.74, 6) is -0.186. The van der Waals surface area contributed by atoms with E-state index in [1.807, 2.05) is 6.07 Å². The molecule has 1 unspecified atom stereocenters. The Morgan fingerprint density at radius 1 is 0.895 bits per heavy atom. The summed E-state index contributed by atoms with van der Waals surface area (Å²) in [6, 6.07) is 15.6. The van der Waals surface area contributed by atoms with Crippen LogP contribution in [0.15, 0.2) is 48.5 Å². The van der Waals surface area contributed by atoms with Crippen LogP contribution in [0.25, 0.3) is 0 Å². The van der Waals surface area contributed by atoms with Crippen LogP contribution in [0, 0.1) is 12.7 Å². The first-order valence-corrected chi connectivity index (χ1v) is 6.64. The number of benzene rings is 2. The van der Waals surface area contributed by atoms with Gasteiger partial charge in [0, 0.05) is 12.1 Å². The average Bonchev–Trinajstić information content (AvgIpc) is 2.39. The van der Waals surface area contributed by atoms with Crippen LogP contribution in [0.1, 0.15) is 42.6 Å². The Morgan fingerprint density at radius 3 is 2.16 bits per heavy atom. The minimum Gasteiger partial charge on any atom is -0.304 e. The van der Waals surface area contributed by atoms with Crippen LogP contribution in [0.3, 0.4) is 0 Å². The molecule has 0 saturated carbocycles. The SMILES string of the molecule is Cc1ccc(C(C)N[C@@H](C)c2cccc(F)c2)cc1. The predicted octanol–water partition coefficient (Wildman–Crippen LogP) is 4.55. The van der Waals surface area contributed by atoms with Crippen LogP contribution in [-0.2, 0) is 0 Å². The van der Waals surface area contributed by atoms with Gasteiger partial charge in [-0.1, -0.05) is 42.0 Å². The van der Waals surface area contributed by atoms with Gasteiger partial charge in [-0.15, -0.1) is 0 Å². The molecule has 0 aliphatic rings. The number of halogens is 1. The van der Waals surface area contributed by atoms with Crippen LogP contribution in [0.4, 0.5) is 4.39 Å². The molecule has 2 atom stereocenters. The van der Waals surface area contributed by atoms with Crippen molar-refractivity contribution in [1.82, 2.24) is 5.32 Å². The molecule has 0 aliphatic heterocycles. The summed E-state index contributed by atoms with van der Waals surface area (Å²) in [5.41, 5.74) is 3.47. The van der Waals surface area contributed by atoms with E-state index >= 15 is 0 Å². The smallest absolute Gasteiger partial charge is 0.123 e. The van der Waals surface area contributed by atoms with E-state index in [1.54, 1.807) is 12.1 Å². The number of aryl methyl sites for hydroxylation is 1. The van der Waals surface area contributed by atoms with E-state index in [4.69, 9.17) is 0 Å². The van der Waals surface area contributed by atoms with Gasteiger partial charge in [0.1, 0.15) is 5.82 Å². The van der Waals surface area contributed by atoms with Crippen LogP contribution in [-0.4, -0.2) is 0 Å². The highest BCUT2D eigenvalue weighted by molar-refractivity contribution is 5.25. The Bertz CT molecular complexity index is 533. The van der Waals surface area contributed by atoms with Gasteiger partial charge in [-0.2, -0.15) is 0 Å². The molecule has 0 heterocycles. The molecule has 2 heteroatoms. The summed E-state index contributed by atoms with van der Waals surface area (Å²) in [7, 11) is 0. The third kappa shape index (κ3) is 3.65. The van der Waals surface area contributed by atoms with Gasteiger partial charge in [0.15, 0.2) is 0 Å². The summed E-state index contributed by atoms with van der Waals surface area (Å²) >= 11 is 0. The maximum absolute atomic E-state index is 13.2. The zero-order valence-electron chi connectivity index (χ0n) is 11.7.